The average molecular weight is 262 g/mol. The topological polar surface area (TPSA) is 47.1 Å². The van der Waals surface area contributed by atoms with E-state index in [4.69, 9.17) is 5.73 Å². The minimum atomic E-state index is -0.239. The lowest BCUT2D eigenvalue weighted by atomic mass is 10.1. The number of nitrogens with zero attached hydrogens (tertiary/aromatic N) is 3. The number of benzene rings is 1. The van der Waals surface area contributed by atoms with Crippen LogP contribution in [0.4, 0.5) is 10.3 Å². The summed E-state index contributed by atoms with van der Waals surface area (Å²) in [4.78, 5) is 6.74. The molecule has 2 aromatic rings. The van der Waals surface area contributed by atoms with Crippen LogP contribution in [0.25, 0.3) is 11.0 Å². The minimum absolute atomic E-state index is 0.239. The lowest BCUT2D eigenvalue weighted by Crippen LogP contribution is -2.36. The maximum atomic E-state index is 13.4. The third-order valence-corrected chi connectivity index (χ3v) is 3.97. The number of piperidine rings is 1. The van der Waals surface area contributed by atoms with Gasteiger partial charge in [0.2, 0.25) is 5.95 Å². The summed E-state index contributed by atoms with van der Waals surface area (Å²) in [5.41, 5.74) is 7.61. The van der Waals surface area contributed by atoms with Gasteiger partial charge in [0.15, 0.2) is 0 Å². The summed E-state index contributed by atoms with van der Waals surface area (Å²) < 4.78 is 15.4. The van der Waals surface area contributed by atoms with Gasteiger partial charge >= 0.3 is 0 Å². The number of fused-ring (bicyclic) bond motifs is 1. The summed E-state index contributed by atoms with van der Waals surface area (Å²) in [5, 5.41) is 0. The first-order valence-corrected chi connectivity index (χ1v) is 6.84. The lowest BCUT2D eigenvalue weighted by molar-refractivity contribution is 0.188. The van der Waals surface area contributed by atoms with Gasteiger partial charge in [-0.2, -0.15) is 0 Å². The molecule has 3 rings (SSSR count). The Morgan fingerprint density at radius 3 is 3.11 bits per heavy atom. The molecule has 1 unspecified atom stereocenters. The predicted octanol–water partition coefficient (Wildman–Crippen LogP) is 2.41. The number of hydrogen-bond donors (Lipinski definition) is 1. The van der Waals surface area contributed by atoms with Crippen LogP contribution in [-0.4, -0.2) is 34.1 Å². The Morgan fingerprint density at radius 2 is 2.32 bits per heavy atom. The summed E-state index contributed by atoms with van der Waals surface area (Å²) >= 11 is 0. The van der Waals surface area contributed by atoms with Gasteiger partial charge in [0.25, 0.3) is 0 Å². The summed E-state index contributed by atoms with van der Waals surface area (Å²) in [7, 11) is 0. The molecule has 5 heteroatoms. The molecule has 1 saturated heterocycles. The highest BCUT2D eigenvalue weighted by Gasteiger charge is 2.23. The Hall–Kier alpha value is -1.62. The molecule has 1 atom stereocenters. The molecule has 0 amide bonds. The second kappa shape index (κ2) is 4.81. The molecule has 0 bridgehead atoms. The molecule has 0 spiro atoms. The van der Waals surface area contributed by atoms with E-state index in [1.807, 2.05) is 4.57 Å². The zero-order chi connectivity index (χ0) is 13.4. The van der Waals surface area contributed by atoms with Gasteiger partial charge in [0.05, 0.1) is 11.0 Å². The molecule has 0 saturated carbocycles. The van der Waals surface area contributed by atoms with Crippen molar-refractivity contribution in [1.29, 1.82) is 0 Å². The van der Waals surface area contributed by atoms with Crippen molar-refractivity contribution in [2.45, 2.75) is 25.8 Å². The number of hydrogen-bond acceptors (Lipinski definition) is 3. The average Bonchev–Trinajstić information content (AvgIpc) is 2.74. The van der Waals surface area contributed by atoms with Crippen LogP contribution in [-0.2, 0) is 0 Å². The van der Waals surface area contributed by atoms with Crippen LogP contribution in [0.15, 0.2) is 18.2 Å². The highest BCUT2D eigenvalue weighted by atomic mass is 19.1. The van der Waals surface area contributed by atoms with Gasteiger partial charge in [0, 0.05) is 12.6 Å². The molecule has 1 aliphatic rings. The number of imidazole rings is 1. The maximum absolute atomic E-state index is 13.4. The minimum Gasteiger partial charge on any atom is -0.369 e. The lowest BCUT2D eigenvalue weighted by Gasteiger charge is -2.33. The van der Waals surface area contributed by atoms with Gasteiger partial charge in [-0.25, -0.2) is 9.37 Å². The van der Waals surface area contributed by atoms with E-state index in [2.05, 4.69) is 16.8 Å². The van der Waals surface area contributed by atoms with Crippen molar-refractivity contribution in [3.05, 3.63) is 24.0 Å². The fourth-order valence-electron chi connectivity index (χ4n) is 3.00. The molecule has 2 heterocycles. The van der Waals surface area contributed by atoms with E-state index < -0.39 is 0 Å². The fourth-order valence-corrected chi connectivity index (χ4v) is 3.00. The smallest absolute Gasteiger partial charge is 0.201 e. The SMILES string of the molecule is CCN1CCCC(n2c(N)nc3ccc(F)cc32)C1. The van der Waals surface area contributed by atoms with E-state index in [0.29, 0.717) is 12.0 Å². The quantitative estimate of drug-likeness (QED) is 0.904. The van der Waals surface area contributed by atoms with Crippen LogP contribution in [0.1, 0.15) is 25.8 Å². The highest BCUT2D eigenvalue weighted by Crippen LogP contribution is 2.29. The van der Waals surface area contributed by atoms with Crippen molar-refractivity contribution < 1.29 is 4.39 Å². The highest BCUT2D eigenvalue weighted by molar-refractivity contribution is 5.78. The molecule has 1 aromatic heterocycles. The van der Waals surface area contributed by atoms with Crippen LogP contribution in [0, 0.1) is 5.82 Å². The summed E-state index contributed by atoms with van der Waals surface area (Å²) in [5.74, 6) is 0.250. The zero-order valence-electron chi connectivity index (χ0n) is 11.1. The largest absolute Gasteiger partial charge is 0.369 e. The molecule has 1 fully saturated rings. The molecule has 0 radical (unpaired) electrons. The first kappa shape index (κ1) is 12.4. The molecule has 102 valence electrons. The van der Waals surface area contributed by atoms with Crippen molar-refractivity contribution in [3.63, 3.8) is 0 Å². The number of rotatable bonds is 2. The first-order chi connectivity index (χ1) is 9.19. The third-order valence-electron chi connectivity index (χ3n) is 3.97. The zero-order valence-corrected chi connectivity index (χ0v) is 11.1. The van der Waals surface area contributed by atoms with Gasteiger partial charge < -0.3 is 15.2 Å². The molecule has 2 N–H and O–H groups in total. The molecule has 4 nitrogen and oxygen atoms in total. The van der Waals surface area contributed by atoms with Crippen molar-refractivity contribution >= 4 is 17.0 Å². The van der Waals surface area contributed by atoms with Gasteiger partial charge in [0.1, 0.15) is 5.82 Å². The summed E-state index contributed by atoms with van der Waals surface area (Å²) in [6.45, 7) is 5.30. The number of likely N-dealkylation sites (tertiary alicyclic amines) is 1. The summed E-state index contributed by atoms with van der Waals surface area (Å²) in [6, 6.07) is 4.94. The molecule has 1 aliphatic heterocycles. The van der Waals surface area contributed by atoms with E-state index in [1.165, 1.54) is 12.1 Å². The third kappa shape index (κ3) is 2.18. The van der Waals surface area contributed by atoms with E-state index in [-0.39, 0.29) is 5.82 Å². The van der Waals surface area contributed by atoms with Crippen LogP contribution in [0.3, 0.4) is 0 Å². The predicted molar refractivity (Wildman–Crippen MR) is 74.5 cm³/mol. The first-order valence-electron chi connectivity index (χ1n) is 6.84. The summed E-state index contributed by atoms with van der Waals surface area (Å²) in [6.07, 6.45) is 2.22. The van der Waals surface area contributed by atoms with Crippen LogP contribution < -0.4 is 5.73 Å². The van der Waals surface area contributed by atoms with Gasteiger partial charge in [-0.3, -0.25) is 0 Å². The molecular formula is C14H19FN4. The number of nitrogens with two attached hydrogens (primary N) is 1. The Bertz CT molecular complexity index is 592. The van der Waals surface area contributed by atoms with Gasteiger partial charge in [-0.1, -0.05) is 6.92 Å². The standard InChI is InChI=1S/C14H19FN4/c1-2-18-7-3-4-11(9-18)19-13-8-10(15)5-6-12(13)17-14(19)16/h5-6,8,11H,2-4,7,9H2,1H3,(H2,16,17). The normalized spacial score (nSPS) is 21.1. The molecule has 19 heavy (non-hydrogen) atoms. The number of aromatic nitrogens is 2. The van der Waals surface area contributed by atoms with Gasteiger partial charge in [-0.05, 0) is 44.1 Å². The van der Waals surface area contributed by atoms with Crippen molar-refractivity contribution in [2.24, 2.45) is 0 Å². The number of likely N-dealkylation sites (N-methyl/N-ethyl adjacent to an activating group) is 1. The van der Waals surface area contributed by atoms with Gasteiger partial charge in [-0.15, -0.1) is 0 Å². The van der Waals surface area contributed by atoms with E-state index in [1.54, 1.807) is 6.07 Å². The second-order valence-electron chi connectivity index (χ2n) is 5.16. The second-order valence-corrected chi connectivity index (χ2v) is 5.16. The fraction of sp³-hybridized carbons (Fsp3) is 0.500. The van der Waals surface area contributed by atoms with Crippen molar-refractivity contribution in [3.8, 4) is 0 Å². The maximum Gasteiger partial charge on any atom is 0.201 e. The monoisotopic (exact) mass is 262 g/mol. The van der Waals surface area contributed by atoms with Crippen molar-refractivity contribution in [1.82, 2.24) is 14.5 Å². The van der Waals surface area contributed by atoms with Crippen LogP contribution in [0.2, 0.25) is 0 Å². The Morgan fingerprint density at radius 1 is 1.47 bits per heavy atom. The van der Waals surface area contributed by atoms with Crippen LogP contribution >= 0.6 is 0 Å². The number of nitrogen functional groups attached to an aromatic ring is 1. The Labute approximate surface area is 112 Å². The molecular weight excluding hydrogens is 243 g/mol. The number of anilines is 1. The Kier molecular flexibility index (Phi) is 3.14. The molecule has 1 aromatic carbocycles. The van der Waals surface area contributed by atoms with Crippen LogP contribution in [0.5, 0.6) is 0 Å². The Balaban J connectivity index is 2.03. The number of halogens is 1. The van der Waals surface area contributed by atoms with E-state index in [9.17, 15) is 4.39 Å². The van der Waals surface area contributed by atoms with Crippen molar-refractivity contribution in [2.75, 3.05) is 25.4 Å². The molecule has 0 aliphatic carbocycles. The van der Waals surface area contributed by atoms with E-state index >= 15 is 0 Å². The van der Waals surface area contributed by atoms with E-state index in [0.717, 1.165) is 43.5 Å².